The van der Waals surface area contributed by atoms with Crippen LogP contribution in [0.25, 0.3) is 10.9 Å². The highest BCUT2D eigenvalue weighted by atomic mass is 16.5. The lowest BCUT2D eigenvalue weighted by Crippen LogP contribution is -2.42. The summed E-state index contributed by atoms with van der Waals surface area (Å²) >= 11 is 0. The standard InChI is InChI=1S/C21H27N3O4/c1-12(2)10-22-21(27)24-19(25)11-28-20(26)14-5-7-18-16(9-14)15-8-13(3)4-6-17(15)23-18/h5,7,9,12-13,23H,4,6,8,10-11H2,1-3H3,(H2,22,24,25,27)/t13-/m0/s1. The van der Waals surface area contributed by atoms with Crippen molar-refractivity contribution in [1.29, 1.82) is 0 Å². The van der Waals surface area contributed by atoms with Gasteiger partial charge in [-0.15, -0.1) is 0 Å². The zero-order valence-corrected chi connectivity index (χ0v) is 16.6. The number of imide groups is 1. The number of esters is 1. The van der Waals surface area contributed by atoms with Gasteiger partial charge in [-0.2, -0.15) is 0 Å². The largest absolute Gasteiger partial charge is 0.452 e. The molecule has 7 heteroatoms. The van der Waals surface area contributed by atoms with Gasteiger partial charge in [-0.3, -0.25) is 10.1 Å². The van der Waals surface area contributed by atoms with Crippen LogP contribution < -0.4 is 10.6 Å². The number of amides is 3. The Morgan fingerprint density at radius 1 is 1.29 bits per heavy atom. The maximum atomic E-state index is 12.3. The van der Waals surface area contributed by atoms with Gasteiger partial charge in [0.1, 0.15) is 0 Å². The lowest BCUT2D eigenvalue weighted by atomic mass is 9.87. The fourth-order valence-electron chi connectivity index (χ4n) is 3.44. The van der Waals surface area contributed by atoms with Crippen LogP contribution in [0, 0.1) is 11.8 Å². The van der Waals surface area contributed by atoms with Crippen molar-refractivity contribution in [1.82, 2.24) is 15.6 Å². The van der Waals surface area contributed by atoms with E-state index < -0.39 is 24.5 Å². The molecule has 1 atom stereocenters. The van der Waals surface area contributed by atoms with Crippen LogP contribution in [0.2, 0.25) is 0 Å². The number of nitrogens with one attached hydrogen (secondary N) is 3. The van der Waals surface area contributed by atoms with Gasteiger partial charge in [-0.1, -0.05) is 20.8 Å². The van der Waals surface area contributed by atoms with Gasteiger partial charge in [0.05, 0.1) is 5.56 Å². The zero-order chi connectivity index (χ0) is 20.3. The molecule has 1 aromatic heterocycles. The minimum absolute atomic E-state index is 0.274. The molecule has 0 unspecified atom stereocenters. The number of aromatic amines is 1. The van der Waals surface area contributed by atoms with Gasteiger partial charge < -0.3 is 15.0 Å². The average molecular weight is 385 g/mol. The van der Waals surface area contributed by atoms with Gasteiger partial charge in [0.25, 0.3) is 5.91 Å². The molecule has 0 radical (unpaired) electrons. The summed E-state index contributed by atoms with van der Waals surface area (Å²) in [5.41, 5.74) is 3.91. The third-order valence-corrected chi connectivity index (χ3v) is 4.93. The van der Waals surface area contributed by atoms with E-state index in [1.807, 2.05) is 26.0 Å². The van der Waals surface area contributed by atoms with Crippen molar-refractivity contribution in [2.75, 3.05) is 13.2 Å². The van der Waals surface area contributed by atoms with Gasteiger partial charge in [-0.05, 0) is 54.9 Å². The summed E-state index contributed by atoms with van der Waals surface area (Å²) in [7, 11) is 0. The number of urea groups is 1. The fraction of sp³-hybridized carbons (Fsp3) is 0.476. The van der Waals surface area contributed by atoms with Crippen LogP contribution in [0.4, 0.5) is 4.79 Å². The molecule has 3 amide bonds. The van der Waals surface area contributed by atoms with Crippen molar-refractivity contribution >= 4 is 28.8 Å². The Labute approximate surface area is 164 Å². The first kappa shape index (κ1) is 19.9. The van der Waals surface area contributed by atoms with E-state index in [0.29, 0.717) is 18.0 Å². The van der Waals surface area contributed by atoms with E-state index in [2.05, 4.69) is 22.5 Å². The lowest BCUT2D eigenvalue weighted by Gasteiger charge is -2.18. The average Bonchev–Trinajstić information content (AvgIpc) is 3.01. The second-order valence-electron chi connectivity index (χ2n) is 7.92. The molecule has 1 aliphatic carbocycles. The minimum atomic E-state index is -0.663. The number of carbonyl (C=O) groups excluding carboxylic acids is 3. The Balaban J connectivity index is 1.60. The molecule has 28 heavy (non-hydrogen) atoms. The quantitative estimate of drug-likeness (QED) is 0.689. The van der Waals surface area contributed by atoms with Crippen LogP contribution in [-0.2, 0) is 22.4 Å². The van der Waals surface area contributed by atoms with Crippen molar-refractivity contribution in [2.45, 2.75) is 40.0 Å². The molecule has 3 N–H and O–H groups in total. The summed E-state index contributed by atoms with van der Waals surface area (Å²) in [4.78, 5) is 39.1. The smallest absolute Gasteiger partial charge is 0.338 e. The van der Waals surface area contributed by atoms with Crippen molar-refractivity contribution < 1.29 is 19.1 Å². The molecule has 0 aliphatic heterocycles. The van der Waals surface area contributed by atoms with Crippen LogP contribution in [0.15, 0.2) is 18.2 Å². The molecule has 0 saturated carbocycles. The first-order chi connectivity index (χ1) is 13.3. The summed E-state index contributed by atoms with van der Waals surface area (Å²) < 4.78 is 5.07. The first-order valence-electron chi connectivity index (χ1n) is 9.71. The number of aryl methyl sites for hydroxylation is 1. The SMILES string of the molecule is CC(C)CNC(=O)NC(=O)COC(=O)c1ccc2[nH]c3c(c2c1)C[C@@H](C)CC3. The Morgan fingerprint density at radius 3 is 2.82 bits per heavy atom. The molecular weight excluding hydrogens is 358 g/mol. The summed E-state index contributed by atoms with van der Waals surface area (Å²) in [6.07, 6.45) is 3.17. The predicted octanol–water partition coefficient (Wildman–Crippen LogP) is 2.93. The van der Waals surface area contributed by atoms with Crippen molar-refractivity contribution in [3.05, 3.63) is 35.0 Å². The van der Waals surface area contributed by atoms with Crippen molar-refractivity contribution in [2.24, 2.45) is 11.8 Å². The normalized spacial score (nSPS) is 15.9. The second kappa shape index (κ2) is 8.46. The van der Waals surface area contributed by atoms with Crippen LogP contribution in [0.5, 0.6) is 0 Å². The van der Waals surface area contributed by atoms with Crippen LogP contribution >= 0.6 is 0 Å². The van der Waals surface area contributed by atoms with E-state index in [1.165, 1.54) is 11.3 Å². The summed E-state index contributed by atoms with van der Waals surface area (Å²) in [6.45, 7) is 6.08. The number of hydrogen-bond donors (Lipinski definition) is 3. The summed E-state index contributed by atoms with van der Waals surface area (Å²) in [5.74, 6) is -0.356. The first-order valence-corrected chi connectivity index (χ1v) is 9.71. The van der Waals surface area contributed by atoms with Gasteiger partial charge in [0, 0.05) is 23.1 Å². The molecule has 0 bridgehead atoms. The summed E-state index contributed by atoms with van der Waals surface area (Å²) in [6, 6.07) is 4.78. The van der Waals surface area contributed by atoms with Crippen LogP contribution in [0.3, 0.4) is 0 Å². The third-order valence-electron chi connectivity index (χ3n) is 4.93. The highest BCUT2D eigenvalue weighted by Crippen LogP contribution is 2.32. The Kier molecular flexibility index (Phi) is 6.02. The Morgan fingerprint density at radius 2 is 2.07 bits per heavy atom. The van der Waals surface area contributed by atoms with Crippen molar-refractivity contribution in [3.63, 3.8) is 0 Å². The van der Waals surface area contributed by atoms with Gasteiger partial charge >= 0.3 is 12.0 Å². The molecule has 7 nitrogen and oxygen atoms in total. The Bertz CT molecular complexity index is 900. The molecule has 0 fully saturated rings. The van der Waals surface area contributed by atoms with Gasteiger partial charge in [0.2, 0.25) is 0 Å². The molecule has 0 saturated heterocycles. The predicted molar refractivity (Wildman–Crippen MR) is 106 cm³/mol. The molecule has 3 rings (SSSR count). The maximum Gasteiger partial charge on any atom is 0.338 e. The highest BCUT2D eigenvalue weighted by molar-refractivity contribution is 5.99. The maximum absolute atomic E-state index is 12.3. The molecule has 0 spiro atoms. The van der Waals surface area contributed by atoms with E-state index in [-0.39, 0.29) is 5.92 Å². The van der Waals surface area contributed by atoms with E-state index in [4.69, 9.17) is 4.74 Å². The van der Waals surface area contributed by atoms with E-state index >= 15 is 0 Å². The lowest BCUT2D eigenvalue weighted by molar-refractivity contribution is -0.123. The molecule has 1 aromatic carbocycles. The van der Waals surface area contributed by atoms with Crippen LogP contribution in [-0.4, -0.2) is 36.0 Å². The van der Waals surface area contributed by atoms with E-state index in [1.54, 1.807) is 6.07 Å². The number of carbonyl (C=O) groups is 3. The van der Waals surface area contributed by atoms with Gasteiger partial charge in [-0.25, -0.2) is 9.59 Å². The molecular formula is C21H27N3O4. The number of hydrogen-bond acceptors (Lipinski definition) is 4. The second-order valence-corrected chi connectivity index (χ2v) is 7.92. The zero-order valence-electron chi connectivity index (χ0n) is 16.6. The number of ether oxygens (including phenoxy) is 1. The topological polar surface area (TPSA) is 100 Å². The Hall–Kier alpha value is -2.83. The number of aromatic nitrogens is 1. The summed E-state index contributed by atoms with van der Waals surface area (Å²) in [5, 5.41) is 5.74. The van der Waals surface area contributed by atoms with E-state index in [9.17, 15) is 14.4 Å². The number of rotatable bonds is 5. The van der Waals surface area contributed by atoms with Crippen LogP contribution in [0.1, 0.15) is 48.8 Å². The number of fused-ring (bicyclic) bond motifs is 3. The fourth-order valence-corrected chi connectivity index (χ4v) is 3.44. The molecule has 150 valence electrons. The monoisotopic (exact) mass is 385 g/mol. The molecule has 1 heterocycles. The highest BCUT2D eigenvalue weighted by Gasteiger charge is 2.21. The minimum Gasteiger partial charge on any atom is -0.452 e. The van der Waals surface area contributed by atoms with Gasteiger partial charge in [0.15, 0.2) is 6.61 Å². The molecule has 2 aromatic rings. The number of benzene rings is 1. The van der Waals surface area contributed by atoms with Crippen molar-refractivity contribution in [3.8, 4) is 0 Å². The van der Waals surface area contributed by atoms with E-state index in [0.717, 1.165) is 30.2 Å². The third kappa shape index (κ3) is 4.71. The molecule has 1 aliphatic rings. The number of H-pyrrole nitrogens is 1.